The van der Waals surface area contributed by atoms with Gasteiger partial charge in [-0.1, -0.05) is 36.2 Å². The second-order valence-electron chi connectivity index (χ2n) is 5.02. The first-order valence-electron chi connectivity index (χ1n) is 6.95. The monoisotopic (exact) mass is 323 g/mol. The van der Waals surface area contributed by atoms with Gasteiger partial charge in [-0.15, -0.1) is 0 Å². The third-order valence-electron chi connectivity index (χ3n) is 3.21. The van der Waals surface area contributed by atoms with Crippen LogP contribution in [0.5, 0.6) is 11.5 Å². The highest BCUT2D eigenvalue weighted by Gasteiger charge is 2.08. The second kappa shape index (κ2) is 7.17. The van der Waals surface area contributed by atoms with Gasteiger partial charge >= 0.3 is 0 Å². The van der Waals surface area contributed by atoms with E-state index in [2.05, 4.69) is 12.2 Å². The highest BCUT2D eigenvalue weighted by Crippen LogP contribution is 2.33. The predicted molar refractivity (Wildman–Crippen MR) is 89.8 cm³/mol. The van der Waals surface area contributed by atoms with E-state index in [0.717, 1.165) is 40.6 Å². The van der Waals surface area contributed by atoms with Gasteiger partial charge in [-0.05, 0) is 61.3 Å². The Bertz CT molecular complexity index is 618. The zero-order valence-electron chi connectivity index (χ0n) is 12.5. The van der Waals surface area contributed by atoms with Gasteiger partial charge in [0.25, 0.3) is 0 Å². The molecule has 21 heavy (non-hydrogen) atoms. The summed E-state index contributed by atoms with van der Waals surface area (Å²) in [5.74, 6) is 1.40. The van der Waals surface area contributed by atoms with E-state index in [1.807, 2.05) is 44.2 Å². The molecular formula is C17H19Cl2NO. The molecule has 0 amide bonds. The van der Waals surface area contributed by atoms with Crippen LogP contribution in [-0.2, 0) is 6.54 Å². The van der Waals surface area contributed by atoms with E-state index in [4.69, 9.17) is 27.9 Å². The fourth-order valence-corrected chi connectivity index (χ4v) is 2.45. The van der Waals surface area contributed by atoms with Gasteiger partial charge in [0.1, 0.15) is 11.5 Å². The summed E-state index contributed by atoms with van der Waals surface area (Å²) in [5, 5.41) is 4.65. The van der Waals surface area contributed by atoms with Crippen molar-refractivity contribution in [2.24, 2.45) is 0 Å². The molecule has 0 spiro atoms. The summed E-state index contributed by atoms with van der Waals surface area (Å²) in [6.45, 7) is 7.73. The summed E-state index contributed by atoms with van der Waals surface area (Å²) in [4.78, 5) is 0. The number of hydrogen-bond acceptors (Lipinski definition) is 2. The molecular weight excluding hydrogens is 305 g/mol. The van der Waals surface area contributed by atoms with E-state index < -0.39 is 0 Å². The van der Waals surface area contributed by atoms with Crippen LogP contribution in [0.15, 0.2) is 30.3 Å². The quantitative estimate of drug-likeness (QED) is 0.783. The van der Waals surface area contributed by atoms with Crippen molar-refractivity contribution in [1.82, 2.24) is 5.32 Å². The standard InChI is InChI=1S/C17H19Cl2NO/c1-4-20-10-13-5-6-16(15(18)9-13)21-14-7-11(2)17(19)12(3)8-14/h5-9,20H,4,10H2,1-3H3. The lowest BCUT2D eigenvalue weighted by Crippen LogP contribution is -2.11. The molecule has 0 fully saturated rings. The maximum atomic E-state index is 6.29. The summed E-state index contributed by atoms with van der Waals surface area (Å²) < 4.78 is 5.87. The van der Waals surface area contributed by atoms with E-state index in [1.165, 1.54) is 0 Å². The first-order chi connectivity index (χ1) is 10.0. The van der Waals surface area contributed by atoms with Gasteiger partial charge in [-0.25, -0.2) is 0 Å². The molecule has 2 rings (SSSR count). The average molecular weight is 324 g/mol. The van der Waals surface area contributed by atoms with Crippen molar-refractivity contribution >= 4 is 23.2 Å². The molecule has 2 nitrogen and oxygen atoms in total. The molecule has 4 heteroatoms. The normalized spacial score (nSPS) is 10.7. The van der Waals surface area contributed by atoms with Crippen molar-refractivity contribution in [2.45, 2.75) is 27.3 Å². The molecule has 0 heterocycles. The van der Waals surface area contributed by atoms with Crippen LogP contribution in [0.2, 0.25) is 10.0 Å². The lowest BCUT2D eigenvalue weighted by Gasteiger charge is -2.12. The fourth-order valence-electron chi connectivity index (χ4n) is 2.10. The van der Waals surface area contributed by atoms with E-state index in [1.54, 1.807) is 0 Å². The number of halogens is 2. The molecule has 2 aromatic carbocycles. The van der Waals surface area contributed by atoms with Gasteiger partial charge in [-0.2, -0.15) is 0 Å². The Kier molecular flexibility index (Phi) is 5.51. The predicted octanol–water partition coefficient (Wildman–Crippen LogP) is 5.51. The molecule has 0 aliphatic heterocycles. The lowest BCUT2D eigenvalue weighted by molar-refractivity contribution is 0.482. The van der Waals surface area contributed by atoms with E-state index in [-0.39, 0.29) is 0 Å². The molecule has 0 bridgehead atoms. The largest absolute Gasteiger partial charge is 0.456 e. The van der Waals surface area contributed by atoms with E-state index >= 15 is 0 Å². The van der Waals surface area contributed by atoms with Crippen LogP contribution in [0.25, 0.3) is 0 Å². The molecule has 0 aromatic heterocycles. The molecule has 0 saturated carbocycles. The number of ether oxygens (including phenoxy) is 1. The van der Waals surface area contributed by atoms with Crippen molar-refractivity contribution in [3.05, 3.63) is 57.1 Å². The third-order valence-corrected chi connectivity index (χ3v) is 4.10. The molecule has 0 atom stereocenters. The Hall–Kier alpha value is -1.22. The second-order valence-corrected chi connectivity index (χ2v) is 5.80. The van der Waals surface area contributed by atoms with Gasteiger partial charge in [-0.3, -0.25) is 0 Å². The summed E-state index contributed by atoms with van der Waals surface area (Å²) in [6.07, 6.45) is 0. The number of hydrogen-bond donors (Lipinski definition) is 1. The SMILES string of the molecule is CCNCc1ccc(Oc2cc(C)c(Cl)c(C)c2)c(Cl)c1. The molecule has 112 valence electrons. The molecule has 0 radical (unpaired) electrons. The Morgan fingerprint density at radius 2 is 1.71 bits per heavy atom. The topological polar surface area (TPSA) is 21.3 Å². The van der Waals surface area contributed by atoms with Crippen LogP contribution in [0, 0.1) is 13.8 Å². The first-order valence-corrected chi connectivity index (χ1v) is 7.70. The van der Waals surface area contributed by atoms with Crippen LogP contribution >= 0.6 is 23.2 Å². The van der Waals surface area contributed by atoms with Crippen molar-refractivity contribution in [1.29, 1.82) is 0 Å². The van der Waals surface area contributed by atoms with Crippen molar-refractivity contribution in [3.8, 4) is 11.5 Å². The minimum atomic E-state index is 0.607. The lowest BCUT2D eigenvalue weighted by atomic mass is 10.1. The smallest absolute Gasteiger partial charge is 0.146 e. The zero-order valence-corrected chi connectivity index (χ0v) is 14.0. The Balaban J connectivity index is 2.20. The molecule has 2 aromatic rings. The number of nitrogens with one attached hydrogen (secondary N) is 1. The average Bonchev–Trinajstić information content (AvgIpc) is 2.45. The summed E-state index contributed by atoms with van der Waals surface area (Å²) >= 11 is 12.5. The van der Waals surface area contributed by atoms with Gasteiger partial charge in [0.05, 0.1) is 5.02 Å². The summed E-state index contributed by atoms with van der Waals surface area (Å²) in [5.41, 5.74) is 3.12. The maximum Gasteiger partial charge on any atom is 0.146 e. The molecule has 0 aliphatic carbocycles. The molecule has 0 aliphatic rings. The van der Waals surface area contributed by atoms with Crippen LogP contribution in [0.3, 0.4) is 0 Å². The minimum absolute atomic E-state index is 0.607. The number of benzene rings is 2. The number of rotatable bonds is 5. The van der Waals surface area contributed by atoms with Crippen LogP contribution in [0.1, 0.15) is 23.6 Å². The molecule has 0 saturated heterocycles. The van der Waals surface area contributed by atoms with Gasteiger partial charge in [0.15, 0.2) is 0 Å². The third kappa shape index (κ3) is 4.13. The molecule has 0 unspecified atom stereocenters. The van der Waals surface area contributed by atoms with Gasteiger partial charge < -0.3 is 10.1 Å². The van der Waals surface area contributed by atoms with Gasteiger partial charge in [0.2, 0.25) is 0 Å². The van der Waals surface area contributed by atoms with Crippen molar-refractivity contribution in [3.63, 3.8) is 0 Å². The van der Waals surface area contributed by atoms with Gasteiger partial charge in [0, 0.05) is 11.6 Å². The minimum Gasteiger partial charge on any atom is -0.456 e. The Morgan fingerprint density at radius 1 is 1.05 bits per heavy atom. The van der Waals surface area contributed by atoms with E-state index in [9.17, 15) is 0 Å². The highest BCUT2D eigenvalue weighted by molar-refractivity contribution is 6.32. The van der Waals surface area contributed by atoms with Crippen molar-refractivity contribution < 1.29 is 4.74 Å². The first kappa shape index (κ1) is 16.2. The maximum absolute atomic E-state index is 6.29. The zero-order chi connectivity index (χ0) is 15.4. The van der Waals surface area contributed by atoms with Crippen LogP contribution in [0.4, 0.5) is 0 Å². The highest BCUT2D eigenvalue weighted by atomic mass is 35.5. The van der Waals surface area contributed by atoms with Crippen LogP contribution in [-0.4, -0.2) is 6.54 Å². The Labute approximate surface area is 136 Å². The number of aryl methyl sites for hydroxylation is 2. The fraction of sp³-hybridized carbons (Fsp3) is 0.294. The van der Waals surface area contributed by atoms with Crippen LogP contribution < -0.4 is 10.1 Å². The van der Waals surface area contributed by atoms with Crippen molar-refractivity contribution in [2.75, 3.05) is 6.54 Å². The van der Waals surface area contributed by atoms with E-state index in [0.29, 0.717) is 10.8 Å². The Morgan fingerprint density at radius 3 is 2.29 bits per heavy atom. The summed E-state index contributed by atoms with van der Waals surface area (Å²) in [7, 11) is 0. The summed E-state index contributed by atoms with van der Waals surface area (Å²) in [6, 6.07) is 9.67. The molecule has 1 N–H and O–H groups in total.